The summed E-state index contributed by atoms with van der Waals surface area (Å²) in [7, 11) is 0. The summed E-state index contributed by atoms with van der Waals surface area (Å²) in [5.74, 6) is -0.358. The first-order valence-corrected chi connectivity index (χ1v) is 6.21. The van der Waals surface area contributed by atoms with E-state index in [1.54, 1.807) is 12.1 Å². The van der Waals surface area contributed by atoms with E-state index < -0.39 is 0 Å². The number of nitrogens with one attached hydrogen (secondary N) is 1. The van der Waals surface area contributed by atoms with Crippen LogP contribution >= 0.6 is 11.6 Å². The van der Waals surface area contributed by atoms with E-state index in [0.29, 0.717) is 0 Å². The highest BCUT2D eigenvalue weighted by atomic mass is 35.5. The van der Waals surface area contributed by atoms with Gasteiger partial charge in [0.1, 0.15) is 5.82 Å². The SMILES string of the molecule is CCCCCNC(C)c1ccc(F)c(Cl)c1. The van der Waals surface area contributed by atoms with Crippen molar-refractivity contribution >= 4 is 11.6 Å². The van der Waals surface area contributed by atoms with Crippen LogP contribution in [-0.4, -0.2) is 6.54 Å². The number of halogens is 2. The van der Waals surface area contributed by atoms with E-state index in [4.69, 9.17) is 11.6 Å². The second kappa shape index (κ2) is 6.87. The first-order valence-electron chi connectivity index (χ1n) is 5.83. The lowest BCUT2D eigenvalue weighted by atomic mass is 10.1. The van der Waals surface area contributed by atoms with Gasteiger partial charge in [0.2, 0.25) is 0 Å². The molecule has 0 saturated carbocycles. The molecule has 90 valence electrons. The molecule has 0 saturated heterocycles. The minimum atomic E-state index is -0.358. The molecule has 0 heterocycles. The van der Waals surface area contributed by atoms with Gasteiger partial charge in [0, 0.05) is 6.04 Å². The van der Waals surface area contributed by atoms with Gasteiger partial charge in [-0.25, -0.2) is 4.39 Å². The van der Waals surface area contributed by atoms with Gasteiger partial charge >= 0.3 is 0 Å². The second-order valence-electron chi connectivity index (χ2n) is 4.06. The number of benzene rings is 1. The third kappa shape index (κ3) is 4.11. The molecule has 0 aliphatic rings. The molecule has 1 unspecified atom stereocenters. The lowest BCUT2D eigenvalue weighted by Gasteiger charge is -2.14. The van der Waals surface area contributed by atoms with E-state index in [1.807, 2.05) is 0 Å². The van der Waals surface area contributed by atoms with Crippen molar-refractivity contribution in [2.45, 2.75) is 39.2 Å². The van der Waals surface area contributed by atoms with Gasteiger partial charge in [-0.1, -0.05) is 37.4 Å². The van der Waals surface area contributed by atoms with Crippen molar-refractivity contribution in [3.8, 4) is 0 Å². The van der Waals surface area contributed by atoms with Crippen molar-refractivity contribution < 1.29 is 4.39 Å². The Morgan fingerprint density at radius 2 is 2.12 bits per heavy atom. The Kier molecular flexibility index (Phi) is 5.78. The van der Waals surface area contributed by atoms with Crippen LogP contribution in [0.3, 0.4) is 0 Å². The number of unbranched alkanes of at least 4 members (excludes halogenated alkanes) is 2. The normalized spacial score (nSPS) is 12.8. The summed E-state index contributed by atoms with van der Waals surface area (Å²) >= 11 is 5.74. The summed E-state index contributed by atoms with van der Waals surface area (Å²) in [5, 5.41) is 3.59. The van der Waals surface area contributed by atoms with Gasteiger partial charge in [-0.05, 0) is 37.6 Å². The Labute approximate surface area is 102 Å². The molecule has 1 rings (SSSR count). The van der Waals surface area contributed by atoms with Crippen LogP contribution in [0.2, 0.25) is 5.02 Å². The Bertz CT molecular complexity index is 328. The number of hydrogen-bond acceptors (Lipinski definition) is 1. The van der Waals surface area contributed by atoms with E-state index in [2.05, 4.69) is 19.2 Å². The fourth-order valence-electron chi connectivity index (χ4n) is 1.59. The van der Waals surface area contributed by atoms with Crippen LogP contribution in [0.5, 0.6) is 0 Å². The standard InChI is InChI=1S/C13H19ClFN/c1-3-4-5-8-16-10(2)11-6-7-13(15)12(14)9-11/h6-7,9-10,16H,3-5,8H2,1-2H3. The predicted molar refractivity (Wildman–Crippen MR) is 67.4 cm³/mol. The van der Waals surface area contributed by atoms with Crippen LogP contribution in [0.4, 0.5) is 4.39 Å². The lowest BCUT2D eigenvalue weighted by Crippen LogP contribution is -2.19. The molecule has 0 fully saturated rings. The Balaban J connectivity index is 2.46. The molecule has 1 N–H and O–H groups in total. The first-order chi connectivity index (χ1) is 7.65. The van der Waals surface area contributed by atoms with Crippen LogP contribution in [0.1, 0.15) is 44.7 Å². The largest absolute Gasteiger partial charge is 0.310 e. The van der Waals surface area contributed by atoms with Crippen LogP contribution in [0, 0.1) is 5.82 Å². The van der Waals surface area contributed by atoms with Crippen molar-refractivity contribution in [1.29, 1.82) is 0 Å². The van der Waals surface area contributed by atoms with Gasteiger partial charge in [0.05, 0.1) is 5.02 Å². The fourth-order valence-corrected chi connectivity index (χ4v) is 1.78. The molecule has 1 nitrogen and oxygen atoms in total. The molecule has 16 heavy (non-hydrogen) atoms. The molecule has 0 aromatic heterocycles. The molecular formula is C13H19ClFN. The summed E-state index contributed by atoms with van der Waals surface area (Å²) in [5.41, 5.74) is 1.03. The molecule has 1 aromatic rings. The molecule has 0 aliphatic carbocycles. The highest BCUT2D eigenvalue weighted by Gasteiger charge is 2.07. The molecule has 1 atom stereocenters. The van der Waals surface area contributed by atoms with E-state index in [9.17, 15) is 4.39 Å². The highest BCUT2D eigenvalue weighted by molar-refractivity contribution is 6.30. The Morgan fingerprint density at radius 3 is 2.75 bits per heavy atom. The molecule has 0 radical (unpaired) electrons. The molecule has 0 aliphatic heterocycles. The summed E-state index contributed by atoms with van der Waals surface area (Å²) in [6, 6.07) is 5.10. The van der Waals surface area contributed by atoms with Crippen molar-refractivity contribution in [3.63, 3.8) is 0 Å². The lowest BCUT2D eigenvalue weighted by molar-refractivity contribution is 0.542. The van der Waals surface area contributed by atoms with Crippen molar-refractivity contribution in [3.05, 3.63) is 34.6 Å². The minimum absolute atomic E-state index is 0.194. The third-order valence-electron chi connectivity index (χ3n) is 2.67. The van der Waals surface area contributed by atoms with E-state index in [0.717, 1.165) is 12.1 Å². The van der Waals surface area contributed by atoms with Gasteiger partial charge in [-0.3, -0.25) is 0 Å². The Hall–Kier alpha value is -0.600. The maximum atomic E-state index is 13.0. The third-order valence-corrected chi connectivity index (χ3v) is 2.96. The smallest absolute Gasteiger partial charge is 0.141 e. The molecule has 0 bridgehead atoms. The summed E-state index contributed by atoms with van der Waals surface area (Å²) in [6.07, 6.45) is 3.64. The highest BCUT2D eigenvalue weighted by Crippen LogP contribution is 2.20. The van der Waals surface area contributed by atoms with Gasteiger partial charge < -0.3 is 5.32 Å². The molecule has 3 heteroatoms. The topological polar surface area (TPSA) is 12.0 Å². The predicted octanol–water partition coefficient (Wildman–Crippen LogP) is 4.32. The monoisotopic (exact) mass is 243 g/mol. The van der Waals surface area contributed by atoms with Gasteiger partial charge in [-0.15, -0.1) is 0 Å². The number of hydrogen-bond donors (Lipinski definition) is 1. The summed E-state index contributed by atoms with van der Waals surface area (Å²) < 4.78 is 13.0. The zero-order chi connectivity index (χ0) is 12.0. The quantitative estimate of drug-likeness (QED) is 0.734. The van der Waals surface area contributed by atoms with E-state index in [-0.39, 0.29) is 16.9 Å². The van der Waals surface area contributed by atoms with Crippen molar-refractivity contribution in [2.75, 3.05) is 6.54 Å². The molecule has 0 spiro atoms. The van der Waals surface area contributed by atoms with Crippen molar-refractivity contribution in [1.82, 2.24) is 5.32 Å². The van der Waals surface area contributed by atoms with E-state index in [1.165, 1.54) is 25.3 Å². The van der Waals surface area contributed by atoms with Gasteiger partial charge in [0.25, 0.3) is 0 Å². The average Bonchev–Trinajstić information content (AvgIpc) is 2.28. The maximum Gasteiger partial charge on any atom is 0.141 e. The van der Waals surface area contributed by atoms with Crippen LogP contribution < -0.4 is 5.32 Å². The first kappa shape index (κ1) is 13.5. The number of rotatable bonds is 6. The molecular weight excluding hydrogens is 225 g/mol. The fraction of sp³-hybridized carbons (Fsp3) is 0.538. The van der Waals surface area contributed by atoms with Crippen molar-refractivity contribution in [2.24, 2.45) is 0 Å². The minimum Gasteiger partial charge on any atom is -0.310 e. The zero-order valence-corrected chi connectivity index (χ0v) is 10.6. The average molecular weight is 244 g/mol. The second-order valence-corrected chi connectivity index (χ2v) is 4.46. The maximum absolute atomic E-state index is 13.0. The van der Waals surface area contributed by atoms with Crippen LogP contribution in [0.15, 0.2) is 18.2 Å². The zero-order valence-electron chi connectivity index (χ0n) is 9.89. The molecule has 1 aromatic carbocycles. The van der Waals surface area contributed by atoms with E-state index >= 15 is 0 Å². The van der Waals surface area contributed by atoms with Crippen LogP contribution in [-0.2, 0) is 0 Å². The van der Waals surface area contributed by atoms with Gasteiger partial charge in [-0.2, -0.15) is 0 Å². The van der Waals surface area contributed by atoms with Crippen LogP contribution in [0.25, 0.3) is 0 Å². The Morgan fingerprint density at radius 1 is 1.38 bits per heavy atom. The van der Waals surface area contributed by atoms with Gasteiger partial charge in [0.15, 0.2) is 0 Å². The molecule has 0 amide bonds. The summed E-state index contributed by atoms with van der Waals surface area (Å²) in [4.78, 5) is 0. The summed E-state index contributed by atoms with van der Waals surface area (Å²) in [6.45, 7) is 5.24.